The third-order valence-corrected chi connectivity index (χ3v) is 5.13. The number of amides is 1. The number of carbonyl (C=O) groups excluding carboxylic acids is 1. The van der Waals surface area contributed by atoms with Gasteiger partial charge in [0.2, 0.25) is 5.91 Å². The molecule has 2 fully saturated rings. The van der Waals surface area contributed by atoms with Gasteiger partial charge in [0.25, 0.3) is 0 Å². The number of hydrogen-bond acceptors (Lipinski definition) is 5. The number of nitrogens with one attached hydrogen (secondary N) is 1. The summed E-state index contributed by atoms with van der Waals surface area (Å²) >= 11 is 0. The summed E-state index contributed by atoms with van der Waals surface area (Å²) in [6, 6.07) is 8.08. The van der Waals surface area contributed by atoms with Crippen molar-refractivity contribution in [1.29, 1.82) is 0 Å². The summed E-state index contributed by atoms with van der Waals surface area (Å²) in [5, 5.41) is 2.90. The number of ether oxygens (including phenoxy) is 1. The molecule has 2 aromatic rings. The van der Waals surface area contributed by atoms with E-state index in [2.05, 4.69) is 10.2 Å². The van der Waals surface area contributed by atoms with Gasteiger partial charge >= 0.3 is 0 Å². The molecule has 6 nitrogen and oxygen atoms in total. The van der Waals surface area contributed by atoms with Crippen LogP contribution in [-0.4, -0.2) is 35.6 Å². The maximum Gasteiger partial charge on any atom is 0.249 e. The van der Waals surface area contributed by atoms with Crippen molar-refractivity contribution >= 4 is 5.91 Å². The van der Waals surface area contributed by atoms with Crippen LogP contribution in [0.15, 0.2) is 39.4 Å². The Morgan fingerprint density at radius 2 is 2.16 bits per heavy atom. The summed E-state index contributed by atoms with van der Waals surface area (Å²) in [6.07, 6.45) is 4.07. The first-order chi connectivity index (χ1) is 12.2. The second kappa shape index (κ2) is 7.06. The molecule has 3 atom stereocenters. The van der Waals surface area contributed by atoms with E-state index >= 15 is 0 Å². The van der Waals surface area contributed by atoms with Gasteiger partial charge in [0.05, 0.1) is 25.5 Å². The first kappa shape index (κ1) is 16.4. The van der Waals surface area contributed by atoms with E-state index in [9.17, 15) is 4.79 Å². The highest BCUT2D eigenvalue weighted by Crippen LogP contribution is 2.32. The SMILES string of the molecule is Cc1ccc(CN2CC[C@H]3O[C@H](C(=O)NCc4ccco4)CC[C@H]32)o1. The van der Waals surface area contributed by atoms with Crippen LogP contribution in [0.2, 0.25) is 0 Å². The Hall–Kier alpha value is -2.05. The van der Waals surface area contributed by atoms with Crippen LogP contribution in [-0.2, 0) is 22.6 Å². The van der Waals surface area contributed by atoms with E-state index < -0.39 is 0 Å². The molecule has 4 rings (SSSR count). The van der Waals surface area contributed by atoms with Crippen LogP contribution < -0.4 is 5.32 Å². The molecule has 0 radical (unpaired) electrons. The highest BCUT2D eigenvalue weighted by molar-refractivity contribution is 5.80. The highest BCUT2D eigenvalue weighted by atomic mass is 16.5. The lowest BCUT2D eigenvalue weighted by molar-refractivity contribution is -0.144. The standard InChI is InChI=1S/C19H24N2O4/c1-13-4-5-15(24-13)12-21-9-8-17-16(21)6-7-18(25-17)19(22)20-11-14-3-2-10-23-14/h2-5,10,16-18H,6-9,11-12H2,1H3,(H,20,22)/t16-,17-,18+/m1/s1. The van der Waals surface area contributed by atoms with Gasteiger partial charge in [0, 0.05) is 12.6 Å². The molecule has 2 aromatic heterocycles. The van der Waals surface area contributed by atoms with Crippen molar-refractivity contribution < 1.29 is 18.4 Å². The van der Waals surface area contributed by atoms with Crippen LogP contribution in [0.3, 0.4) is 0 Å². The van der Waals surface area contributed by atoms with Crippen LogP contribution in [0.25, 0.3) is 0 Å². The molecule has 0 saturated carbocycles. The lowest BCUT2D eigenvalue weighted by Crippen LogP contribution is -2.47. The van der Waals surface area contributed by atoms with Gasteiger partial charge in [-0.15, -0.1) is 0 Å². The molecule has 0 aromatic carbocycles. The van der Waals surface area contributed by atoms with E-state index in [4.69, 9.17) is 13.6 Å². The Labute approximate surface area is 147 Å². The van der Waals surface area contributed by atoms with Gasteiger partial charge in [-0.05, 0) is 50.5 Å². The molecule has 0 unspecified atom stereocenters. The third-order valence-electron chi connectivity index (χ3n) is 5.13. The van der Waals surface area contributed by atoms with E-state index in [1.807, 2.05) is 31.2 Å². The number of aryl methyl sites for hydroxylation is 1. The maximum absolute atomic E-state index is 12.4. The Balaban J connectivity index is 1.29. The van der Waals surface area contributed by atoms with Gasteiger partial charge in [0.15, 0.2) is 0 Å². The number of carbonyl (C=O) groups is 1. The molecule has 0 bridgehead atoms. The van der Waals surface area contributed by atoms with E-state index in [-0.39, 0.29) is 18.1 Å². The highest BCUT2D eigenvalue weighted by Gasteiger charge is 2.41. The summed E-state index contributed by atoms with van der Waals surface area (Å²) in [4.78, 5) is 14.8. The summed E-state index contributed by atoms with van der Waals surface area (Å²) < 4.78 is 17.0. The Bertz CT molecular complexity index is 709. The van der Waals surface area contributed by atoms with Crippen molar-refractivity contribution in [3.63, 3.8) is 0 Å². The van der Waals surface area contributed by atoms with Gasteiger partial charge in [-0.1, -0.05) is 0 Å². The zero-order valence-corrected chi connectivity index (χ0v) is 14.4. The van der Waals surface area contributed by atoms with Crippen molar-refractivity contribution in [3.8, 4) is 0 Å². The minimum Gasteiger partial charge on any atom is -0.467 e. The topological polar surface area (TPSA) is 67.8 Å². The molecule has 4 heterocycles. The zero-order valence-electron chi connectivity index (χ0n) is 14.4. The van der Waals surface area contributed by atoms with Crippen LogP contribution >= 0.6 is 0 Å². The van der Waals surface area contributed by atoms with E-state index in [0.717, 1.165) is 49.6 Å². The summed E-state index contributed by atoms with van der Waals surface area (Å²) in [5.74, 6) is 2.65. The fraction of sp³-hybridized carbons (Fsp3) is 0.526. The third kappa shape index (κ3) is 3.65. The van der Waals surface area contributed by atoms with Crippen molar-refractivity contribution in [3.05, 3.63) is 47.8 Å². The quantitative estimate of drug-likeness (QED) is 0.903. The molecule has 2 aliphatic rings. The zero-order chi connectivity index (χ0) is 17.2. The largest absolute Gasteiger partial charge is 0.467 e. The second-order valence-corrected chi connectivity index (χ2v) is 6.88. The molecule has 134 valence electrons. The van der Waals surface area contributed by atoms with Gasteiger partial charge < -0.3 is 18.9 Å². The van der Waals surface area contributed by atoms with E-state index in [1.165, 1.54) is 0 Å². The molecule has 2 saturated heterocycles. The molecule has 0 spiro atoms. The Kier molecular flexibility index (Phi) is 4.63. The number of likely N-dealkylation sites (tertiary alicyclic amines) is 1. The fourth-order valence-electron chi connectivity index (χ4n) is 3.88. The van der Waals surface area contributed by atoms with E-state index in [1.54, 1.807) is 6.26 Å². The molecule has 1 amide bonds. The summed E-state index contributed by atoms with van der Waals surface area (Å²) in [6.45, 7) is 4.17. The minimum atomic E-state index is -0.359. The van der Waals surface area contributed by atoms with Crippen LogP contribution in [0.1, 0.15) is 36.5 Å². The molecular formula is C19H24N2O4. The average molecular weight is 344 g/mol. The number of rotatable bonds is 5. The first-order valence-corrected chi connectivity index (χ1v) is 8.94. The number of furan rings is 2. The van der Waals surface area contributed by atoms with Crippen molar-refractivity contribution in [2.75, 3.05) is 6.54 Å². The van der Waals surface area contributed by atoms with Gasteiger partial charge in [-0.2, -0.15) is 0 Å². The number of hydrogen-bond donors (Lipinski definition) is 1. The molecule has 2 aliphatic heterocycles. The molecule has 1 N–H and O–H groups in total. The normalized spacial score (nSPS) is 26.5. The second-order valence-electron chi connectivity index (χ2n) is 6.88. The fourth-order valence-corrected chi connectivity index (χ4v) is 3.88. The monoisotopic (exact) mass is 344 g/mol. The van der Waals surface area contributed by atoms with Gasteiger partial charge in [-0.25, -0.2) is 0 Å². The number of fused-ring (bicyclic) bond motifs is 1. The van der Waals surface area contributed by atoms with Crippen molar-refractivity contribution in [2.45, 2.75) is 57.5 Å². The lowest BCUT2D eigenvalue weighted by atomic mass is 9.98. The minimum absolute atomic E-state index is 0.0463. The van der Waals surface area contributed by atoms with Crippen LogP contribution in [0.5, 0.6) is 0 Å². The Morgan fingerprint density at radius 1 is 1.24 bits per heavy atom. The Morgan fingerprint density at radius 3 is 2.92 bits per heavy atom. The number of nitrogens with zero attached hydrogens (tertiary/aromatic N) is 1. The summed E-state index contributed by atoms with van der Waals surface area (Å²) in [7, 11) is 0. The first-order valence-electron chi connectivity index (χ1n) is 8.94. The molecule has 6 heteroatoms. The summed E-state index contributed by atoms with van der Waals surface area (Å²) in [5.41, 5.74) is 0. The van der Waals surface area contributed by atoms with Gasteiger partial charge in [-0.3, -0.25) is 9.69 Å². The molecule has 0 aliphatic carbocycles. The molecular weight excluding hydrogens is 320 g/mol. The maximum atomic E-state index is 12.4. The van der Waals surface area contributed by atoms with Crippen molar-refractivity contribution in [1.82, 2.24) is 10.2 Å². The van der Waals surface area contributed by atoms with Crippen LogP contribution in [0.4, 0.5) is 0 Å². The average Bonchev–Trinajstić information content (AvgIpc) is 3.35. The smallest absolute Gasteiger partial charge is 0.249 e. The predicted octanol–water partition coefficient (Wildman–Crippen LogP) is 2.62. The van der Waals surface area contributed by atoms with Gasteiger partial charge in [0.1, 0.15) is 23.4 Å². The van der Waals surface area contributed by atoms with Crippen LogP contribution in [0, 0.1) is 6.92 Å². The van der Waals surface area contributed by atoms with Crippen molar-refractivity contribution in [2.24, 2.45) is 0 Å². The molecule has 25 heavy (non-hydrogen) atoms. The lowest BCUT2D eigenvalue weighted by Gasteiger charge is -2.35. The predicted molar refractivity (Wildman–Crippen MR) is 90.7 cm³/mol. The van der Waals surface area contributed by atoms with E-state index in [0.29, 0.717) is 12.6 Å².